The first-order valence-corrected chi connectivity index (χ1v) is 9.21. The highest BCUT2D eigenvalue weighted by atomic mass is 16.5. The maximum absolute atomic E-state index is 12.6. The number of carbonyl (C=O) groups is 2. The molecule has 1 heterocycles. The number of aryl methyl sites for hydroxylation is 2. The van der Waals surface area contributed by atoms with Crippen molar-refractivity contribution in [2.24, 2.45) is 0 Å². The van der Waals surface area contributed by atoms with E-state index in [0.717, 1.165) is 11.1 Å². The van der Waals surface area contributed by atoms with Gasteiger partial charge in [-0.1, -0.05) is 18.2 Å². The summed E-state index contributed by atoms with van der Waals surface area (Å²) in [6.45, 7) is 5.97. The average Bonchev–Trinajstić information content (AvgIpc) is 2.68. The van der Waals surface area contributed by atoms with Crippen LogP contribution < -0.4 is 10.6 Å². The van der Waals surface area contributed by atoms with Crippen LogP contribution in [0.25, 0.3) is 0 Å². The van der Waals surface area contributed by atoms with Gasteiger partial charge in [0, 0.05) is 11.8 Å². The van der Waals surface area contributed by atoms with Crippen LogP contribution in [-0.4, -0.2) is 28.5 Å². The molecule has 1 aromatic heterocycles. The Labute approximate surface area is 169 Å². The summed E-state index contributed by atoms with van der Waals surface area (Å²) in [4.78, 5) is 32.9. The Kier molecular flexibility index (Phi) is 6.19. The summed E-state index contributed by atoms with van der Waals surface area (Å²) in [7, 11) is 0. The van der Waals surface area contributed by atoms with Crippen LogP contribution in [0.4, 0.5) is 17.2 Å². The Morgan fingerprint density at radius 2 is 1.72 bits per heavy atom. The third-order valence-corrected chi connectivity index (χ3v) is 4.06. The molecule has 3 rings (SSSR count). The number of carbonyl (C=O) groups excluding carboxylic acids is 2. The first kappa shape index (κ1) is 20.0. The third kappa shape index (κ3) is 5.16. The molecule has 2 aromatic carbocycles. The van der Waals surface area contributed by atoms with Crippen LogP contribution in [-0.2, 0) is 4.74 Å². The van der Waals surface area contributed by atoms with Gasteiger partial charge in [0.2, 0.25) is 0 Å². The Balaban J connectivity index is 1.80. The van der Waals surface area contributed by atoms with Crippen molar-refractivity contribution in [1.29, 1.82) is 0 Å². The van der Waals surface area contributed by atoms with E-state index in [4.69, 9.17) is 4.74 Å². The zero-order chi connectivity index (χ0) is 20.8. The molecule has 0 aliphatic heterocycles. The van der Waals surface area contributed by atoms with Crippen LogP contribution in [0.5, 0.6) is 0 Å². The van der Waals surface area contributed by atoms with Crippen molar-refractivity contribution in [3.63, 3.8) is 0 Å². The van der Waals surface area contributed by atoms with Gasteiger partial charge in [-0.15, -0.1) is 0 Å². The summed E-state index contributed by atoms with van der Waals surface area (Å²) >= 11 is 0. The zero-order valence-electron chi connectivity index (χ0n) is 16.5. The third-order valence-electron chi connectivity index (χ3n) is 4.06. The zero-order valence-corrected chi connectivity index (χ0v) is 16.5. The van der Waals surface area contributed by atoms with E-state index in [-0.39, 0.29) is 18.2 Å². The second kappa shape index (κ2) is 8.97. The van der Waals surface area contributed by atoms with Gasteiger partial charge in [0.15, 0.2) is 0 Å². The molecule has 0 spiro atoms. The molecule has 0 unspecified atom stereocenters. The van der Waals surface area contributed by atoms with Crippen molar-refractivity contribution in [3.05, 3.63) is 77.2 Å². The molecule has 0 aliphatic rings. The van der Waals surface area contributed by atoms with E-state index in [1.54, 1.807) is 31.2 Å². The van der Waals surface area contributed by atoms with Crippen LogP contribution in [0.15, 0.2) is 54.9 Å². The number of nitrogens with one attached hydrogen (secondary N) is 2. The largest absolute Gasteiger partial charge is 0.462 e. The molecular formula is C22H22N4O3. The van der Waals surface area contributed by atoms with Crippen LogP contribution in [0.3, 0.4) is 0 Å². The molecule has 7 nitrogen and oxygen atoms in total. The second-order valence-corrected chi connectivity index (χ2v) is 6.51. The van der Waals surface area contributed by atoms with Crippen LogP contribution in [0, 0.1) is 13.8 Å². The monoisotopic (exact) mass is 390 g/mol. The molecule has 3 aromatic rings. The number of hydrogen-bond donors (Lipinski definition) is 2. The molecule has 0 radical (unpaired) electrons. The summed E-state index contributed by atoms with van der Waals surface area (Å²) < 4.78 is 5.08. The Hall–Kier alpha value is -3.74. The average molecular weight is 390 g/mol. The molecule has 0 aliphatic carbocycles. The van der Waals surface area contributed by atoms with Crippen LogP contribution >= 0.6 is 0 Å². The van der Waals surface area contributed by atoms with Gasteiger partial charge < -0.3 is 15.4 Å². The number of rotatable bonds is 6. The Bertz CT molecular complexity index is 1030. The number of ether oxygens (including phenoxy) is 1. The van der Waals surface area contributed by atoms with E-state index >= 15 is 0 Å². The molecule has 0 saturated carbocycles. The number of nitrogens with zero attached hydrogens (tertiary/aromatic N) is 2. The number of hydrogen-bond acceptors (Lipinski definition) is 6. The highest BCUT2D eigenvalue weighted by molar-refractivity contribution is 6.03. The van der Waals surface area contributed by atoms with E-state index in [0.29, 0.717) is 22.8 Å². The van der Waals surface area contributed by atoms with Crippen LogP contribution in [0.1, 0.15) is 38.9 Å². The SMILES string of the molecule is CCOC(=O)c1ccccc1Nc1cc(C(=O)Nc2cc(C)cc(C)c2)ncn1. The van der Waals surface area contributed by atoms with Crippen molar-refractivity contribution >= 4 is 29.1 Å². The molecule has 148 valence electrons. The molecule has 0 atom stereocenters. The van der Waals surface area contributed by atoms with E-state index < -0.39 is 5.97 Å². The fourth-order valence-electron chi connectivity index (χ4n) is 2.91. The summed E-state index contributed by atoms with van der Waals surface area (Å²) in [5, 5.41) is 5.90. The van der Waals surface area contributed by atoms with Crippen molar-refractivity contribution in [2.45, 2.75) is 20.8 Å². The Morgan fingerprint density at radius 1 is 1.00 bits per heavy atom. The maximum atomic E-state index is 12.6. The number of aromatic nitrogens is 2. The maximum Gasteiger partial charge on any atom is 0.340 e. The lowest BCUT2D eigenvalue weighted by Gasteiger charge is -2.11. The first-order chi connectivity index (χ1) is 14.0. The van der Waals surface area contributed by atoms with Gasteiger partial charge in [-0.05, 0) is 56.2 Å². The highest BCUT2D eigenvalue weighted by Gasteiger charge is 2.14. The quantitative estimate of drug-likeness (QED) is 0.611. The van der Waals surface area contributed by atoms with E-state index in [2.05, 4.69) is 20.6 Å². The molecule has 0 bridgehead atoms. The van der Waals surface area contributed by atoms with Crippen molar-refractivity contribution in [1.82, 2.24) is 9.97 Å². The number of para-hydroxylation sites is 1. The molecule has 2 N–H and O–H groups in total. The van der Waals surface area contributed by atoms with Gasteiger partial charge >= 0.3 is 5.97 Å². The predicted molar refractivity (Wildman–Crippen MR) is 112 cm³/mol. The summed E-state index contributed by atoms with van der Waals surface area (Å²) in [6, 6.07) is 14.3. The molecule has 0 fully saturated rings. The fourth-order valence-corrected chi connectivity index (χ4v) is 2.91. The lowest BCUT2D eigenvalue weighted by atomic mass is 10.1. The molecule has 0 saturated heterocycles. The van der Waals surface area contributed by atoms with E-state index in [1.165, 1.54) is 12.4 Å². The molecule has 7 heteroatoms. The smallest absolute Gasteiger partial charge is 0.340 e. The van der Waals surface area contributed by atoms with Crippen molar-refractivity contribution in [3.8, 4) is 0 Å². The normalized spacial score (nSPS) is 10.3. The van der Waals surface area contributed by atoms with E-state index in [1.807, 2.05) is 32.0 Å². The van der Waals surface area contributed by atoms with Gasteiger partial charge in [0.1, 0.15) is 17.8 Å². The Morgan fingerprint density at radius 3 is 2.45 bits per heavy atom. The number of anilines is 3. The summed E-state index contributed by atoms with van der Waals surface area (Å²) in [5.74, 6) is -0.390. The number of amides is 1. The van der Waals surface area contributed by atoms with Crippen LogP contribution in [0.2, 0.25) is 0 Å². The summed E-state index contributed by atoms with van der Waals surface area (Å²) in [5.41, 5.74) is 3.94. The first-order valence-electron chi connectivity index (χ1n) is 9.21. The lowest BCUT2D eigenvalue weighted by Crippen LogP contribution is -2.15. The van der Waals surface area contributed by atoms with Gasteiger partial charge in [-0.2, -0.15) is 0 Å². The fraction of sp³-hybridized carbons (Fsp3) is 0.182. The standard InChI is InChI=1S/C22H22N4O3/c1-4-29-22(28)17-7-5-6-8-18(17)26-20-12-19(23-13-24-20)21(27)25-16-10-14(2)9-15(3)11-16/h5-13H,4H2,1-3H3,(H,25,27)(H,23,24,26). The topological polar surface area (TPSA) is 93.2 Å². The van der Waals surface area contributed by atoms with Crippen molar-refractivity contribution < 1.29 is 14.3 Å². The second-order valence-electron chi connectivity index (χ2n) is 6.51. The number of benzene rings is 2. The van der Waals surface area contributed by atoms with E-state index in [9.17, 15) is 9.59 Å². The highest BCUT2D eigenvalue weighted by Crippen LogP contribution is 2.21. The molecule has 1 amide bonds. The van der Waals surface area contributed by atoms with Gasteiger partial charge in [0.25, 0.3) is 5.91 Å². The van der Waals surface area contributed by atoms with Gasteiger partial charge in [-0.3, -0.25) is 4.79 Å². The minimum absolute atomic E-state index is 0.204. The molecule has 29 heavy (non-hydrogen) atoms. The predicted octanol–water partition coefficient (Wildman–Crippen LogP) is 4.27. The summed E-state index contributed by atoms with van der Waals surface area (Å²) in [6.07, 6.45) is 1.30. The minimum atomic E-state index is -0.433. The van der Waals surface area contributed by atoms with Crippen molar-refractivity contribution in [2.75, 3.05) is 17.2 Å². The number of esters is 1. The lowest BCUT2D eigenvalue weighted by molar-refractivity contribution is 0.0527. The van der Waals surface area contributed by atoms with Gasteiger partial charge in [0.05, 0.1) is 17.9 Å². The molecular weight excluding hydrogens is 368 g/mol. The minimum Gasteiger partial charge on any atom is -0.462 e. The van der Waals surface area contributed by atoms with Gasteiger partial charge in [-0.25, -0.2) is 14.8 Å².